The van der Waals surface area contributed by atoms with Gasteiger partial charge in [-0.1, -0.05) is 6.92 Å². The number of nitrogens with one attached hydrogen (secondary N) is 1. The first-order valence-electron chi connectivity index (χ1n) is 4.47. The van der Waals surface area contributed by atoms with Crippen LogP contribution in [0.3, 0.4) is 0 Å². The number of hydrogen-bond donors (Lipinski definition) is 1. The van der Waals surface area contributed by atoms with E-state index in [0.717, 1.165) is 25.8 Å². The normalized spacial score (nSPS) is 12.7. The molecule has 0 aliphatic rings. The van der Waals surface area contributed by atoms with Crippen LogP contribution in [-0.4, -0.2) is 37.6 Å². The minimum absolute atomic E-state index is 0.308. The Balaban J connectivity index is 3.51. The second-order valence-electron chi connectivity index (χ2n) is 3.25. The van der Waals surface area contributed by atoms with Gasteiger partial charge < -0.3 is 4.90 Å². The fraction of sp³-hybridized carbons (Fsp3) is 0.889. The molecule has 1 N–H and O–H groups in total. The van der Waals surface area contributed by atoms with Crippen LogP contribution >= 0.6 is 0 Å². The van der Waals surface area contributed by atoms with Gasteiger partial charge in [0.05, 0.1) is 12.1 Å². The third-order valence-corrected chi connectivity index (χ3v) is 1.86. The Bertz CT molecular complexity index is 148. The average molecular weight is 169 g/mol. The van der Waals surface area contributed by atoms with E-state index in [4.69, 9.17) is 5.41 Å². The quantitative estimate of drug-likeness (QED) is 0.606. The fourth-order valence-electron chi connectivity index (χ4n) is 1.09. The summed E-state index contributed by atoms with van der Waals surface area (Å²) < 4.78 is 0. The summed E-state index contributed by atoms with van der Waals surface area (Å²) >= 11 is 0. The van der Waals surface area contributed by atoms with Gasteiger partial charge >= 0.3 is 0 Å². The molecule has 0 aromatic rings. The molecule has 3 heteroatoms. The highest BCUT2D eigenvalue weighted by Crippen LogP contribution is 2.05. The zero-order valence-electron chi connectivity index (χ0n) is 8.30. The van der Waals surface area contributed by atoms with Gasteiger partial charge in [0.1, 0.15) is 0 Å². The predicted octanol–water partition coefficient (Wildman–Crippen LogP) is 1.86. The molecule has 0 saturated heterocycles. The van der Waals surface area contributed by atoms with Gasteiger partial charge in [-0.25, -0.2) is 10.4 Å². The lowest BCUT2D eigenvalue weighted by atomic mass is 10.1. The zero-order chi connectivity index (χ0) is 9.40. The van der Waals surface area contributed by atoms with E-state index in [1.807, 2.05) is 0 Å². The molecule has 1 unspecified atom stereocenters. The molecule has 0 radical (unpaired) electrons. The largest absolute Gasteiger partial charge is 0.309 e. The number of aliphatic imine (C=N–C) groups is 1. The van der Waals surface area contributed by atoms with Crippen LogP contribution in [-0.2, 0) is 0 Å². The lowest BCUT2D eigenvalue weighted by Gasteiger charge is -2.11. The molecule has 1 atom stereocenters. The fourth-order valence-corrected chi connectivity index (χ4v) is 1.09. The van der Waals surface area contributed by atoms with Gasteiger partial charge in [-0.15, -0.1) is 0 Å². The molecule has 0 amide bonds. The van der Waals surface area contributed by atoms with Crippen LogP contribution in [0.5, 0.6) is 0 Å². The molecule has 0 bridgehead atoms. The van der Waals surface area contributed by atoms with Gasteiger partial charge in [0.15, 0.2) is 0 Å². The zero-order valence-corrected chi connectivity index (χ0v) is 8.30. The molecule has 0 heterocycles. The molecular formula is C9H19N3. The summed E-state index contributed by atoms with van der Waals surface area (Å²) in [4.78, 5) is 6.11. The summed E-state index contributed by atoms with van der Waals surface area (Å²) in [6, 6.07) is 2.43. The van der Waals surface area contributed by atoms with Crippen molar-refractivity contribution in [2.45, 2.75) is 32.2 Å². The Morgan fingerprint density at radius 3 is 2.58 bits per heavy atom. The SMILES string of the molecule is CCC(CCCN(C)C)N=C=N. The summed E-state index contributed by atoms with van der Waals surface area (Å²) in [7, 11) is 4.14. The van der Waals surface area contributed by atoms with Crippen molar-refractivity contribution in [2.24, 2.45) is 4.99 Å². The summed E-state index contributed by atoms with van der Waals surface area (Å²) in [5.41, 5.74) is 0. The lowest BCUT2D eigenvalue weighted by molar-refractivity contribution is 0.383. The lowest BCUT2D eigenvalue weighted by Crippen LogP contribution is -2.15. The van der Waals surface area contributed by atoms with E-state index >= 15 is 0 Å². The standard InChI is InChI=1S/C9H19N3/c1-4-9(11-8-10)6-5-7-12(2)3/h9-10H,4-7H2,1-3H3. The van der Waals surface area contributed by atoms with Crippen molar-refractivity contribution in [3.8, 4) is 0 Å². The summed E-state index contributed by atoms with van der Waals surface area (Å²) in [6.45, 7) is 3.20. The third-order valence-electron chi connectivity index (χ3n) is 1.86. The summed E-state index contributed by atoms with van der Waals surface area (Å²) in [6.07, 6.45) is 3.23. The molecule has 0 aliphatic heterocycles. The van der Waals surface area contributed by atoms with Crippen LogP contribution in [0.1, 0.15) is 26.2 Å². The topological polar surface area (TPSA) is 39.5 Å². The minimum Gasteiger partial charge on any atom is -0.309 e. The van der Waals surface area contributed by atoms with Gasteiger partial charge in [0, 0.05) is 0 Å². The van der Waals surface area contributed by atoms with Crippen molar-refractivity contribution in [2.75, 3.05) is 20.6 Å². The summed E-state index contributed by atoms with van der Waals surface area (Å²) in [5.74, 6) is 0. The Labute approximate surface area is 75.0 Å². The van der Waals surface area contributed by atoms with E-state index in [0.29, 0.717) is 6.04 Å². The van der Waals surface area contributed by atoms with Crippen LogP contribution in [0.15, 0.2) is 4.99 Å². The second kappa shape index (κ2) is 7.01. The van der Waals surface area contributed by atoms with Gasteiger partial charge in [-0.2, -0.15) is 0 Å². The second-order valence-corrected chi connectivity index (χ2v) is 3.25. The highest BCUT2D eigenvalue weighted by atomic mass is 15.0. The van der Waals surface area contributed by atoms with Crippen molar-refractivity contribution < 1.29 is 0 Å². The predicted molar refractivity (Wildman–Crippen MR) is 52.0 cm³/mol. The molecule has 0 spiro atoms. The van der Waals surface area contributed by atoms with Crippen LogP contribution < -0.4 is 0 Å². The van der Waals surface area contributed by atoms with Crippen LogP contribution in [0.25, 0.3) is 0 Å². The number of nitrogens with zero attached hydrogens (tertiary/aromatic N) is 2. The molecule has 0 aromatic heterocycles. The molecule has 12 heavy (non-hydrogen) atoms. The van der Waals surface area contributed by atoms with Crippen molar-refractivity contribution in [1.29, 1.82) is 5.41 Å². The Kier molecular flexibility index (Phi) is 6.63. The first-order valence-corrected chi connectivity index (χ1v) is 4.47. The molecular weight excluding hydrogens is 150 g/mol. The van der Waals surface area contributed by atoms with Crippen molar-refractivity contribution in [3.63, 3.8) is 0 Å². The summed E-state index contributed by atoms with van der Waals surface area (Å²) in [5, 5.41) is 6.73. The smallest absolute Gasteiger partial charge is 0.0864 e. The highest BCUT2D eigenvalue weighted by molar-refractivity contribution is 5.36. The number of hydrogen-bond acceptors (Lipinski definition) is 3. The third kappa shape index (κ3) is 6.08. The Hall–Kier alpha value is -0.660. The van der Waals surface area contributed by atoms with Crippen molar-refractivity contribution in [1.82, 2.24) is 4.90 Å². The molecule has 70 valence electrons. The maximum Gasteiger partial charge on any atom is 0.0864 e. The monoisotopic (exact) mass is 169 g/mol. The van der Waals surface area contributed by atoms with Gasteiger partial charge in [0.25, 0.3) is 0 Å². The van der Waals surface area contributed by atoms with E-state index < -0.39 is 0 Å². The van der Waals surface area contributed by atoms with Gasteiger partial charge in [0.2, 0.25) is 0 Å². The Morgan fingerprint density at radius 2 is 2.17 bits per heavy atom. The first-order chi connectivity index (χ1) is 5.70. The number of rotatable bonds is 6. The van der Waals surface area contributed by atoms with Crippen LogP contribution in [0.4, 0.5) is 0 Å². The maximum absolute atomic E-state index is 6.73. The molecule has 0 rings (SSSR count). The van der Waals surface area contributed by atoms with Crippen LogP contribution in [0.2, 0.25) is 0 Å². The van der Waals surface area contributed by atoms with E-state index in [9.17, 15) is 0 Å². The van der Waals surface area contributed by atoms with Crippen LogP contribution in [0, 0.1) is 5.41 Å². The van der Waals surface area contributed by atoms with E-state index in [2.05, 4.69) is 36.9 Å². The molecule has 0 saturated carbocycles. The molecule has 3 nitrogen and oxygen atoms in total. The first kappa shape index (κ1) is 11.3. The van der Waals surface area contributed by atoms with E-state index in [-0.39, 0.29) is 0 Å². The van der Waals surface area contributed by atoms with E-state index in [1.54, 1.807) is 0 Å². The van der Waals surface area contributed by atoms with Gasteiger partial charge in [-0.05, 0) is 39.9 Å². The maximum atomic E-state index is 6.73. The molecule has 0 fully saturated rings. The average Bonchev–Trinajstić information content (AvgIpc) is 2.02. The minimum atomic E-state index is 0.308. The molecule has 0 aromatic carbocycles. The van der Waals surface area contributed by atoms with E-state index in [1.165, 1.54) is 0 Å². The van der Waals surface area contributed by atoms with Crippen molar-refractivity contribution in [3.05, 3.63) is 0 Å². The van der Waals surface area contributed by atoms with Crippen molar-refractivity contribution >= 4 is 6.01 Å². The van der Waals surface area contributed by atoms with Gasteiger partial charge in [-0.3, -0.25) is 0 Å². The highest BCUT2D eigenvalue weighted by Gasteiger charge is 2.02. The molecule has 0 aliphatic carbocycles. The Morgan fingerprint density at radius 1 is 1.50 bits per heavy atom.